The predicted molar refractivity (Wildman–Crippen MR) is 86.8 cm³/mol. The molecule has 0 saturated carbocycles. The van der Waals surface area contributed by atoms with Crippen molar-refractivity contribution in [3.8, 4) is 0 Å². The first-order valence-corrected chi connectivity index (χ1v) is 7.99. The van der Waals surface area contributed by atoms with Crippen molar-refractivity contribution in [2.45, 2.75) is 18.5 Å². The van der Waals surface area contributed by atoms with Crippen LogP contribution < -0.4 is 15.5 Å². The standard InChI is InChI=1S/C14H16FN3O2S.ClH/c15-9-3-1-2-4-12(9)18-6-5-10(14(18)20)17-13(19)11-7-21-8-16-11;/h1-4,10-11,16H,5-8H2,(H,17,19);1H. The van der Waals surface area contributed by atoms with Gasteiger partial charge in [0.25, 0.3) is 0 Å². The van der Waals surface area contributed by atoms with Gasteiger partial charge in [0, 0.05) is 18.2 Å². The smallest absolute Gasteiger partial charge is 0.249 e. The first-order chi connectivity index (χ1) is 10.2. The van der Waals surface area contributed by atoms with Crippen LogP contribution in [0.3, 0.4) is 0 Å². The van der Waals surface area contributed by atoms with Crippen LogP contribution in [0.5, 0.6) is 0 Å². The largest absolute Gasteiger partial charge is 0.343 e. The van der Waals surface area contributed by atoms with Gasteiger partial charge in [0.05, 0.1) is 11.7 Å². The molecule has 8 heteroatoms. The first kappa shape index (κ1) is 17.1. The molecule has 2 aliphatic rings. The summed E-state index contributed by atoms with van der Waals surface area (Å²) in [6.07, 6.45) is 0.499. The molecule has 120 valence electrons. The lowest BCUT2D eigenvalue weighted by Gasteiger charge is -2.18. The number of anilines is 1. The topological polar surface area (TPSA) is 61.4 Å². The van der Waals surface area contributed by atoms with Gasteiger partial charge in [0.2, 0.25) is 11.8 Å². The van der Waals surface area contributed by atoms with Gasteiger partial charge in [-0.15, -0.1) is 24.2 Å². The van der Waals surface area contributed by atoms with E-state index in [9.17, 15) is 14.0 Å². The van der Waals surface area contributed by atoms with Crippen LogP contribution >= 0.6 is 24.2 Å². The van der Waals surface area contributed by atoms with Crippen molar-refractivity contribution < 1.29 is 14.0 Å². The second kappa shape index (κ2) is 7.30. The molecule has 0 spiro atoms. The summed E-state index contributed by atoms with van der Waals surface area (Å²) in [5.74, 6) is 0.626. The molecule has 22 heavy (non-hydrogen) atoms. The second-order valence-electron chi connectivity index (χ2n) is 5.06. The van der Waals surface area contributed by atoms with Gasteiger partial charge in [-0.2, -0.15) is 0 Å². The number of hydrogen-bond acceptors (Lipinski definition) is 4. The van der Waals surface area contributed by atoms with Crippen LogP contribution in [0.4, 0.5) is 10.1 Å². The highest BCUT2D eigenvalue weighted by molar-refractivity contribution is 7.99. The fourth-order valence-corrected chi connectivity index (χ4v) is 3.50. The molecule has 5 nitrogen and oxygen atoms in total. The average molecular weight is 346 g/mol. The van der Waals surface area contributed by atoms with Crippen LogP contribution in [-0.4, -0.2) is 42.1 Å². The maximum absolute atomic E-state index is 13.8. The maximum atomic E-state index is 13.8. The Balaban J connectivity index is 0.00000176. The molecule has 2 N–H and O–H groups in total. The summed E-state index contributed by atoms with van der Waals surface area (Å²) in [5, 5.41) is 5.82. The van der Waals surface area contributed by atoms with E-state index in [1.807, 2.05) is 0 Å². The molecule has 2 aliphatic heterocycles. The zero-order chi connectivity index (χ0) is 14.8. The Morgan fingerprint density at radius 2 is 2.18 bits per heavy atom. The van der Waals surface area contributed by atoms with Gasteiger partial charge < -0.3 is 10.2 Å². The van der Waals surface area contributed by atoms with Crippen LogP contribution in [0.25, 0.3) is 0 Å². The van der Waals surface area contributed by atoms with E-state index in [-0.39, 0.29) is 36.0 Å². The van der Waals surface area contributed by atoms with Crippen LogP contribution in [0.2, 0.25) is 0 Å². The van der Waals surface area contributed by atoms with Gasteiger partial charge >= 0.3 is 0 Å². The third-order valence-electron chi connectivity index (χ3n) is 3.70. The Kier molecular flexibility index (Phi) is 5.66. The lowest BCUT2D eigenvalue weighted by Crippen LogP contribution is -2.49. The minimum atomic E-state index is -0.565. The highest BCUT2D eigenvalue weighted by Gasteiger charge is 2.36. The van der Waals surface area contributed by atoms with Crippen molar-refractivity contribution >= 4 is 41.7 Å². The number of carbonyl (C=O) groups excluding carboxylic acids is 2. The Hall–Kier alpha value is -1.31. The lowest BCUT2D eigenvalue weighted by atomic mass is 10.2. The van der Waals surface area contributed by atoms with E-state index in [0.29, 0.717) is 18.7 Å². The molecule has 2 heterocycles. The number of benzene rings is 1. The molecule has 2 atom stereocenters. The molecule has 0 aliphatic carbocycles. The molecule has 2 fully saturated rings. The van der Waals surface area contributed by atoms with Crippen LogP contribution in [0.15, 0.2) is 24.3 Å². The van der Waals surface area contributed by atoms with E-state index in [1.54, 1.807) is 30.0 Å². The molecule has 2 amide bonds. The molecule has 1 aromatic rings. The Bertz CT molecular complexity index is 569. The second-order valence-corrected chi connectivity index (χ2v) is 6.09. The Labute approximate surface area is 138 Å². The van der Waals surface area contributed by atoms with Gasteiger partial charge in [-0.3, -0.25) is 14.9 Å². The summed E-state index contributed by atoms with van der Waals surface area (Å²) in [4.78, 5) is 25.8. The van der Waals surface area contributed by atoms with E-state index < -0.39 is 11.9 Å². The highest BCUT2D eigenvalue weighted by atomic mass is 35.5. The zero-order valence-electron chi connectivity index (χ0n) is 11.8. The van der Waals surface area contributed by atoms with E-state index in [0.717, 1.165) is 5.88 Å². The van der Waals surface area contributed by atoms with Gasteiger partial charge in [-0.05, 0) is 18.6 Å². The number of hydrogen-bond donors (Lipinski definition) is 2. The minimum absolute atomic E-state index is 0. The van der Waals surface area contributed by atoms with Crippen molar-refractivity contribution in [2.75, 3.05) is 23.1 Å². The maximum Gasteiger partial charge on any atom is 0.249 e. The van der Waals surface area contributed by atoms with Crippen molar-refractivity contribution in [1.29, 1.82) is 0 Å². The summed E-state index contributed by atoms with van der Waals surface area (Å²) in [6, 6.07) is 5.37. The quantitative estimate of drug-likeness (QED) is 0.862. The molecule has 1 aromatic carbocycles. The molecule has 0 bridgehead atoms. The van der Waals surface area contributed by atoms with E-state index in [1.165, 1.54) is 11.0 Å². The summed E-state index contributed by atoms with van der Waals surface area (Å²) >= 11 is 1.65. The van der Waals surface area contributed by atoms with Crippen molar-refractivity contribution in [3.05, 3.63) is 30.1 Å². The number of carbonyl (C=O) groups is 2. The number of halogens is 2. The van der Waals surface area contributed by atoms with Crippen molar-refractivity contribution in [2.24, 2.45) is 0 Å². The Morgan fingerprint density at radius 3 is 2.86 bits per heavy atom. The average Bonchev–Trinajstić information content (AvgIpc) is 3.11. The van der Waals surface area contributed by atoms with Crippen LogP contribution in [0.1, 0.15) is 6.42 Å². The third-order valence-corrected chi connectivity index (χ3v) is 4.64. The molecule has 2 saturated heterocycles. The number of nitrogens with zero attached hydrogens (tertiary/aromatic N) is 1. The molecule has 0 radical (unpaired) electrons. The summed E-state index contributed by atoms with van der Waals surface area (Å²) < 4.78 is 13.8. The normalized spacial score (nSPS) is 24.2. The van der Waals surface area contributed by atoms with Gasteiger partial charge in [0.15, 0.2) is 0 Å². The molecule has 2 unspecified atom stereocenters. The van der Waals surface area contributed by atoms with Crippen LogP contribution in [0, 0.1) is 5.82 Å². The van der Waals surface area contributed by atoms with Crippen LogP contribution in [-0.2, 0) is 9.59 Å². The third kappa shape index (κ3) is 3.37. The summed E-state index contributed by atoms with van der Waals surface area (Å²) in [7, 11) is 0. The van der Waals surface area contributed by atoms with Gasteiger partial charge in [-0.25, -0.2) is 4.39 Å². The highest BCUT2D eigenvalue weighted by Crippen LogP contribution is 2.24. The lowest BCUT2D eigenvalue weighted by molar-refractivity contribution is -0.127. The SMILES string of the molecule is Cl.O=C(NC1CCN(c2ccccc2F)C1=O)C1CSCN1. The minimum Gasteiger partial charge on any atom is -0.343 e. The predicted octanol–water partition coefficient (Wildman–Crippen LogP) is 1.13. The molecule has 0 aromatic heterocycles. The number of amides is 2. The number of nitrogens with one attached hydrogen (secondary N) is 2. The van der Waals surface area contributed by atoms with E-state index in [4.69, 9.17) is 0 Å². The number of rotatable bonds is 3. The van der Waals surface area contributed by atoms with E-state index >= 15 is 0 Å². The molecular formula is C14H17ClFN3O2S. The summed E-state index contributed by atoms with van der Waals surface area (Å²) in [5.41, 5.74) is 0.272. The fraction of sp³-hybridized carbons (Fsp3) is 0.429. The number of para-hydroxylation sites is 1. The molecular weight excluding hydrogens is 329 g/mol. The van der Waals surface area contributed by atoms with E-state index in [2.05, 4.69) is 10.6 Å². The van der Waals surface area contributed by atoms with Gasteiger partial charge in [-0.1, -0.05) is 12.1 Å². The fourth-order valence-electron chi connectivity index (χ4n) is 2.56. The first-order valence-electron chi connectivity index (χ1n) is 6.84. The van der Waals surface area contributed by atoms with Crippen molar-refractivity contribution in [3.63, 3.8) is 0 Å². The summed E-state index contributed by atoms with van der Waals surface area (Å²) in [6.45, 7) is 0.414. The zero-order valence-corrected chi connectivity index (χ0v) is 13.4. The number of thioether (sulfide) groups is 1. The van der Waals surface area contributed by atoms with Gasteiger partial charge in [0.1, 0.15) is 11.9 Å². The Morgan fingerprint density at radius 1 is 1.41 bits per heavy atom. The molecule has 3 rings (SSSR count). The van der Waals surface area contributed by atoms with Crippen molar-refractivity contribution in [1.82, 2.24) is 10.6 Å². The monoisotopic (exact) mass is 345 g/mol.